The summed E-state index contributed by atoms with van der Waals surface area (Å²) < 4.78 is 0. The minimum atomic E-state index is -0.733. The highest BCUT2D eigenvalue weighted by molar-refractivity contribution is 6.01. The molecule has 1 rings (SSSR count). The number of amides is 3. The van der Waals surface area contributed by atoms with Crippen LogP contribution in [-0.4, -0.2) is 73.2 Å². The summed E-state index contributed by atoms with van der Waals surface area (Å²) >= 11 is 0. The molecular formula is C17H30N4O6. The van der Waals surface area contributed by atoms with Crippen LogP contribution in [0.4, 0.5) is 0 Å². The van der Waals surface area contributed by atoms with Gasteiger partial charge in [-0.3, -0.25) is 19.3 Å². The highest BCUT2D eigenvalue weighted by Crippen LogP contribution is 2.12. The molecule has 1 aliphatic rings. The maximum atomic E-state index is 12.2. The predicted octanol–water partition coefficient (Wildman–Crippen LogP) is -0.636. The van der Waals surface area contributed by atoms with E-state index < -0.39 is 17.8 Å². The van der Waals surface area contributed by atoms with Crippen molar-refractivity contribution in [3.05, 3.63) is 0 Å². The summed E-state index contributed by atoms with van der Waals surface area (Å²) in [4.78, 5) is 61.8. The lowest BCUT2D eigenvalue weighted by Gasteiger charge is -2.23. The molecule has 0 saturated carbocycles. The van der Waals surface area contributed by atoms with Crippen molar-refractivity contribution in [2.75, 3.05) is 27.2 Å². The third-order valence-corrected chi connectivity index (χ3v) is 3.68. The molecule has 1 heterocycles. The van der Waals surface area contributed by atoms with Gasteiger partial charge in [0.25, 0.3) is 11.8 Å². The van der Waals surface area contributed by atoms with Gasteiger partial charge in [-0.1, -0.05) is 6.42 Å². The first kappa shape index (κ1) is 24.7. The minimum absolute atomic E-state index is 0.0517. The second kappa shape index (κ2) is 13.8. The van der Waals surface area contributed by atoms with E-state index in [1.165, 1.54) is 6.92 Å². The molecule has 1 atom stereocenters. The first-order valence-corrected chi connectivity index (χ1v) is 8.89. The Labute approximate surface area is 159 Å². The van der Waals surface area contributed by atoms with Gasteiger partial charge in [-0.2, -0.15) is 0 Å². The Bertz CT molecular complexity index is 508. The lowest BCUT2D eigenvalue weighted by molar-refractivity contribution is -0.197. The lowest BCUT2D eigenvalue weighted by atomic mass is 10.1. The number of carbonyl (C=O) groups excluding carboxylic acids is 5. The summed E-state index contributed by atoms with van der Waals surface area (Å²) in [5.41, 5.74) is 5.45. The van der Waals surface area contributed by atoms with Crippen LogP contribution < -0.4 is 11.1 Å². The van der Waals surface area contributed by atoms with E-state index in [1.807, 2.05) is 19.0 Å². The van der Waals surface area contributed by atoms with E-state index in [9.17, 15) is 19.2 Å². The Hall–Kier alpha value is -2.33. The predicted molar refractivity (Wildman–Crippen MR) is 96.9 cm³/mol. The number of hydrogen-bond acceptors (Lipinski definition) is 8. The van der Waals surface area contributed by atoms with Crippen molar-refractivity contribution >= 4 is 30.0 Å². The van der Waals surface area contributed by atoms with E-state index in [-0.39, 0.29) is 37.8 Å². The molecule has 1 unspecified atom stereocenters. The van der Waals surface area contributed by atoms with Crippen LogP contribution in [0.1, 0.15) is 45.4 Å². The molecule has 0 radical (unpaired) electrons. The number of nitrogens with two attached hydrogens (primary N) is 1. The molecule has 27 heavy (non-hydrogen) atoms. The van der Waals surface area contributed by atoms with Gasteiger partial charge < -0.3 is 20.7 Å². The Kier molecular flexibility index (Phi) is 12.6. The van der Waals surface area contributed by atoms with Crippen LogP contribution in [0, 0.1) is 0 Å². The summed E-state index contributed by atoms with van der Waals surface area (Å²) in [6, 6.07) is -0.297. The molecule has 10 nitrogen and oxygen atoms in total. The zero-order chi connectivity index (χ0) is 20.8. The third-order valence-electron chi connectivity index (χ3n) is 3.68. The smallest absolute Gasteiger partial charge is 0.334 e. The number of imide groups is 1. The summed E-state index contributed by atoms with van der Waals surface area (Å²) in [7, 11) is 3.62. The van der Waals surface area contributed by atoms with Crippen LogP contribution >= 0.6 is 0 Å². The fourth-order valence-corrected chi connectivity index (χ4v) is 2.32. The van der Waals surface area contributed by atoms with Gasteiger partial charge in [0.2, 0.25) is 5.91 Å². The molecule has 0 aromatic rings. The van der Waals surface area contributed by atoms with Gasteiger partial charge >= 0.3 is 5.97 Å². The highest BCUT2D eigenvalue weighted by Gasteiger charge is 2.32. The van der Waals surface area contributed by atoms with Gasteiger partial charge in [0.15, 0.2) is 0 Å². The zero-order valence-corrected chi connectivity index (χ0v) is 16.2. The quantitative estimate of drug-likeness (QED) is 0.165. The molecule has 0 spiro atoms. The Morgan fingerprint density at radius 1 is 1.26 bits per heavy atom. The average molecular weight is 390 g/mol. The third kappa shape index (κ3) is 9.80. The normalized spacial score (nSPS) is 14.5. The van der Waals surface area contributed by atoms with Crippen molar-refractivity contribution in [2.45, 2.75) is 51.5 Å². The molecule has 1 aliphatic heterocycles. The van der Waals surface area contributed by atoms with Crippen LogP contribution in [-0.2, 0) is 28.8 Å². The standard InChI is InChI=1S/C15H26N4O5.C2H4O/c1-18(2)11(5-3-4-9-16)15(23)17-10-8-14(22)24-19-12(20)6-7-13(19)21;1-2-3/h11H,3-10,16H2,1-2H3,(H,17,23);2H,1H3/i1+1,9+1,16+1;1+1. The zero-order valence-electron chi connectivity index (χ0n) is 16.2. The number of likely N-dealkylation sites (N-methyl/N-ethyl adjacent to an activating group) is 1. The van der Waals surface area contributed by atoms with Gasteiger partial charge in [0.05, 0.1) is 12.5 Å². The molecule has 0 aliphatic carbocycles. The van der Waals surface area contributed by atoms with Crippen LogP contribution in [0.3, 0.4) is 0 Å². The van der Waals surface area contributed by atoms with Gasteiger partial charge in [0.1, 0.15) is 6.29 Å². The first-order valence-electron chi connectivity index (χ1n) is 8.89. The van der Waals surface area contributed by atoms with Crippen LogP contribution in [0.2, 0.25) is 0 Å². The molecule has 0 bridgehead atoms. The maximum Gasteiger partial charge on any atom is 0.334 e. The number of nitrogens with zero attached hydrogens (tertiary/aromatic N) is 2. The number of nitrogens with one attached hydrogen (secondary N) is 1. The van der Waals surface area contributed by atoms with Crippen molar-refractivity contribution in [1.29, 1.82) is 0 Å². The second-order valence-electron chi connectivity index (χ2n) is 6.09. The monoisotopic (exact) mass is 390 g/mol. The molecule has 3 N–H and O–H groups in total. The Balaban J connectivity index is 0.00000210. The number of unbranched alkanes of at least 4 members (excludes halogenated alkanes) is 1. The van der Waals surface area contributed by atoms with E-state index in [0.29, 0.717) is 18.0 Å². The van der Waals surface area contributed by atoms with Crippen molar-refractivity contribution in [2.24, 2.45) is 5.73 Å². The molecular weight excluding hydrogens is 360 g/mol. The fourth-order valence-electron chi connectivity index (χ4n) is 2.32. The summed E-state index contributed by atoms with van der Waals surface area (Å²) in [6.07, 6.45) is 3.10. The largest absolute Gasteiger partial charge is 0.354 e. The molecule has 1 fully saturated rings. The molecule has 10 heteroatoms. The summed E-state index contributed by atoms with van der Waals surface area (Å²) in [5.74, 6) is -1.96. The summed E-state index contributed by atoms with van der Waals surface area (Å²) in [5, 5.41) is 3.17. The molecule has 154 valence electrons. The van der Waals surface area contributed by atoms with Gasteiger partial charge in [-0.05, 0) is 40.4 Å². The first-order chi connectivity index (χ1) is 12.8. The minimum Gasteiger partial charge on any atom is -0.354 e. The van der Waals surface area contributed by atoms with Gasteiger partial charge in [-0.15, -0.1) is 5.06 Å². The lowest BCUT2D eigenvalue weighted by Crippen LogP contribution is -2.44. The van der Waals surface area contributed by atoms with Crippen molar-refractivity contribution in [3.63, 3.8) is 0 Å². The topological polar surface area (TPSA) is 139 Å². The van der Waals surface area contributed by atoms with Crippen LogP contribution in [0.25, 0.3) is 0 Å². The van der Waals surface area contributed by atoms with E-state index in [4.69, 9.17) is 15.4 Å². The highest BCUT2D eigenvalue weighted by atomic mass is 16.7. The average Bonchev–Trinajstić information content (AvgIpc) is 2.91. The Morgan fingerprint density at radius 2 is 1.81 bits per heavy atom. The van der Waals surface area contributed by atoms with Crippen molar-refractivity contribution < 1.29 is 28.8 Å². The number of rotatable bonds is 10. The van der Waals surface area contributed by atoms with Crippen LogP contribution in [0.15, 0.2) is 0 Å². The van der Waals surface area contributed by atoms with E-state index in [2.05, 4.69) is 5.32 Å². The second-order valence-corrected chi connectivity index (χ2v) is 6.09. The number of aldehydes is 1. The fraction of sp³-hybridized carbons (Fsp3) is 0.706. The van der Waals surface area contributed by atoms with Crippen molar-refractivity contribution in [1.82, 2.24) is 15.3 Å². The summed E-state index contributed by atoms with van der Waals surface area (Å²) in [6.45, 7) is 2.11. The molecule has 0 aromatic carbocycles. The molecule has 0 aromatic heterocycles. The number of carbonyl (C=O) groups is 5. The van der Waals surface area contributed by atoms with Gasteiger partial charge in [0, 0.05) is 19.4 Å². The molecule has 3 amide bonds. The molecule has 1 saturated heterocycles. The maximum absolute atomic E-state index is 12.2. The van der Waals surface area contributed by atoms with Crippen molar-refractivity contribution in [3.8, 4) is 0 Å². The van der Waals surface area contributed by atoms with Crippen LogP contribution in [0.5, 0.6) is 0 Å². The SMILES string of the molecule is CN([13CH3])C(CCC[13CH2][15NH2])C(=O)NCCC(=O)ON1C(=O)CCC1=O.[13CH3]C=O. The number of hydroxylamine groups is 2. The van der Waals surface area contributed by atoms with Gasteiger partial charge in [-0.25, -0.2) is 4.79 Å². The number of hydrogen-bond donors (Lipinski definition) is 2. The Morgan fingerprint density at radius 3 is 2.30 bits per heavy atom. The van der Waals surface area contributed by atoms with E-state index >= 15 is 0 Å². The van der Waals surface area contributed by atoms with E-state index in [0.717, 1.165) is 19.1 Å². The van der Waals surface area contributed by atoms with E-state index in [1.54, 1.807) is 0 Å².